The van der Waals surface area contributed by atoms with Crippen LogP contribution in [0, 0.1) is 29.5 Å². The first kappa shape index (κ1) is 30.6. The molecule has 2 aromatic rings. The molecule has 39 heavy (non-hydrogen) atoms. The zero-order valence-electron chi connectivity index (χ0n) is 21.4. The molecule has 1 heterocycles. The fraction of sp³-hybridized carbons (Fsp3) is 0.500. The number of hydrogen-bond acceptors (Lipinski definition) is 2. The molecule has 0 aromatic heterocycles. The largest absolute Gasteiger partial charge is 0.481 e. The average Bonchev–Trinajstić information content (AvgIpc) is 3.18. The van der Waals surface area contributed by atoms with Crippen LogP contribution in [0.4, 0.5) is 17.6 Å². The second-order valence-corrected chi connectivity index (χ2v) is 13.0. The molecule has 212 valence electrons. The van der Waals surface area contributed by atoms with Crippen LogP contribution in [0.25, 0.3) is 0 Å². The van der Waals surface area contributed by atoms with E-state index in [4.69, 9.17) is 39.8 Å². The maximum Gasteiger partial charge on any atom is 0.402 e. The Kier molecular flexibility index (Phi) is 8.48. The summed E-state index contributed by atoms with van der Waals surface area (Å²) >= 11 is 21.8. The van der Waals surface area contributed by atoms with E-state index in [2.05, 4.69) is 15.9 Å². The van der Waals surface area contributed by atoms with Gasteiger partial charge in [-0.05, 0) is 81.9 Å². The van der Waals surface area contributed by atoms with Gasteiger partial charge in [0, 0.05) is 0 Å². The minimum absolute atomic E-state index is 0.0182. The SMILES string of the molecule is CC1CCCC([C@@]2(C(C)C)N=C(c3ccc(F)c(Br)c3)C(C(=O)O)C2(c2cc(Cl)c(Cl)c(Cl)c2)C(F)(F)F)C1. The normalized spacial score (nSPS) is 29.5. The third kappa shape index (κ3) is 4.71. The van der Waals surface area contributed by atoms with Crippen molar-refractivity contribution in [1.29, 1.82) is 0 Å². The maximum atomic E-state index is 16.1. The highest BCUT2D eigenvalue weighted by molar-refractivity contribution is 9.10. The molecule has 2 aromatic carbocycles. The molecule has 1 N–H and O–H groups in total. The van der Waals surface area contributed by atoms with Crippen LogP contribution in [-0.2, 0) is 10.2 Å². The first-order chi connectivity index (χ1) is 18.1. The second kappa shape index (κ2) is 10.8. The molecule has 11 heteroatoms. The van der Waals surface area contributed by atoms with Crippen molar-refractivity contribution < 1.29 is 27.5 Å². The highest BCUT2D eigenvalue weighted by atomic mass is 79.9. The molecule has 3 nitrogen and oxygen atoms in total. The Balaban J connectivity index is 2.21. The van der Waals surface area contributed by atoms with Gasteiger partial charge in [0.25, 0.3) is 0 Å². The Morgan fingerprint density at radius 1 is 1.13 bits per heavy atom. The second-order valence-electron chi connectivity index (χ2n) is 10.9. The smallest absolute Gasteiger partial charge is 0.402 e. The summed E-state index contributed by atoms with van der Waals surface area (Å²) in [5, 5.41) is 10.1. The van der Waals surface area contributed by atoms with Crippen LogP contribution in [0.2, 0.25) is 15.1 Å². The van der Waals surface area contributed by atoms with Gasteiger partial charge in [0.15, 0.2) is 0 Å². The molecule has 5 atom stereocenters. The summed E-state index contributed by atoms with van der Waals surface area (Å²) in [6.07, 6.45) is -2.72. The van der Waals surface area contributed by atoms with Crippen LogP contribution in [-0.4, -0.2) is 28.5 Å². The molecular formula is C28H27BrCl3F4NO2. The van der Waals surface area contributed by atoms with Crippen molar-refractivity contribution in [3.63, 3.8) is 0 Å². The van der Waals surface area contributed by atoms with Gasteiger partial charge in [0.2, 0.25) is 0 Å². The third-order valence-corrected chi connectivity index (χ3v) is 10.2. The van der Waals surface area contributed by atoms with Crippen molar-refractivity contribution in [2.75, 3.05) is 0 Å². The van der Waals surface area contributed by atoms with Crippen LogP contribution in [0.1, 0.15) is 57.6 Å². The molecular weight excluding hydrogens is 645 g/mol. The number of carboxylic acids is 1. The molecule has 1 aliphatic carbocycles. The van der Waals surface area contributed by atoms with E-state index in [1.54, 1.807) is 13.8 Å². The van der Waals surface area contributed by atoms with Gasteiger partial charge in [-0.3, -0.25) is 9.79 Å². The summed E-state index contributed by atoms with van der Waals surface area (Å²) in [4.78, 5) is 18.0. The van der Waals surface area contributed by atoms with Gasteiger partial charge in [-0.2, -0.15) is 13.2 Å². The van der Waals surface area contributed by atoms with E-state index < -0.39 is 52.2 Å². The molecule has 1 aliphatic heterocycles. The fourth-order valence-electron chi connectivity index (χ4n) is 7.02. The van der Waals surface area contributed by atoms with Crippen LogP contribution >= 0.6 is 50.7 Å². The Labute approximate surface area is 248 Å². The van der Waals surface area contributed by atoms with Crippen molar-refractivity contribution in [3.05, 3.63) is 66.8 Å². The summed E-state index contributed by atoms with van der Waals surface area (Å²) in [5.41, 5.74) is -5.60. The van der Waals surface area contributed by atoms with Gasteiger partial charge in [-0.15, -0.1) is 0 Å². The number of carbonyl (C=O) groups is 1. The van der Waals surface area contributed by atoms with Crippen LogP contribution in [0.3, 0.4) is 0 Å². The van der Waals surface area contributed by atoms with E-state index in [0.29, 0.717) is 19.3 Å². The van der Waals surface area contributed by atoms with Crippen molar-refractivity contribution in [1.82, 2.24) is 0 Å². The molecule has 4 rings (SSSR count). The standard InChI is InChI=1S/C28H27BrCl3F4NO2/c1-13(2)27(16-6-4-5-14(3)9-16)26(28(34,35)36,17-11-19(30)23(32)20(31)12-17)22(25(38)39)24(37-27)15-7-8-21(33)18(29)10-15/h7-8,10-14,16,22H,4-6,9H2,1-3H3,(H,38,39)/t14?,16?,22?,26?,27-/m1/s1. The van der Waals surface area contributed by atoms with Crippen molar-refractivity contribution in [2.45, 2.75) is 63.6 Å². The summed E-state index contributed by atoms with van der Waals surface area (Å²) in [6, 6.07) is 5.75. The molecule has 0 radical (unpaired) electrons. The Morgan fingerprint density at radius 2 is 1.74 bits per heavy atom. The molecule has 2 aliphatic rings. The number of benzene rings is 2. The molecule has 1 fully saturated rings. The third-order valence-electron chi connectivity index (χ3n) is 8.43. The number of alkyl halides is 3. The van der Waals surface area contributed by atoms with Crippen LogP contribution in [0.5, 0.6) is 0 Å². The Bertz CT molecular complexity index is 1310. The molecule has 0 saturated heterocycles. The molecule has 4 unspecified atom stereocenters. The van der Waals surface area contributed by atoms with E-state index >= 15 is 13.2 Å². The summed E-state index contributed by atoms with van der Waals surface area (Å²) in [6.45, 7) is 5.27. The quantitative estimate of drug-likeness (QED) is 0.254. The van der Waals surface area contributed by atoms with E-state index in [0.717, 1.165) is 24.6 Å². The number of nitrogens with zero attached hydrogens (tertiary/aromatic N) is 1. The highest BCUT2D eigenvalue weighted by Gasteiger charge is 2.79. The van der Waals surface area contributed by atoms with Crippen molar-refractivity contribution in [2.24, 2.45) is 28.7 Å². The average molecular weight is 672 g/mol. The lowest BCUT2D eigenvalue weighted by Gasteiger charge is -2.55. The van der Waals surface area contributed by atoms with Crippen molar-refractivity contribution in [3.8, 4) is 0 Å². The summed E-state index contributed by atoms with van der Waals surface area (Å²) in [5.74, 6) is -5.78. The zero-order valence-corrected chi connectivity index (χ0v) is 25.2. The predicted octanol–water partition coefficient (Wildman–Crippen LogP) is 9.77. The lowest BCUT2D eigenvalue weighted by atomic mass is 9.49. The number of aliphatic carboxylic acids is 1. The van der Waals surface area contributed by atoms with Crippen LogP contribution < -0.4 is 0 Å². The summed E-state index contributed by atoms with van der Waals surface area (Å²) < 4.78 is 62.4. The first-order valence-electron chi connectivity index (χ1n) is 12.6. The fourth-order valence-corrected chi connectivity index (χ4v) is 7.99. The highest BCUT2D eigenvalue weighted by Crippen LogP contribution is 2.66. The lowest BCUT2D eigenvalue weighted by molar-refractivity contribution is -0.232. The molecule has 1 saturated carbocycles. The van der Waals surface area contributed by atoms with Gasteiger partial charge < -0.3 is 5.11 Å². The Morgan fingerprint density at radius 3 is 2.23 bits per heavy atom. The van der Waals surface area contributed by atoms with Gasteiger partial charge in [0.1, 0.15) is 17.2 Å². The number of rotatable bonds is 5. The lowest BCUT2D eigenvalue weighted by Crippen LogP contribution is -2.67. The molecule has 0 bridgehead atoms. The number of hydrogen-bond donors (Lipinski definition) is 1. The monoisotopic (exact) mass is 669 g/mol. The van der Waals surface area contributed by atoms with Crippen molar-refractivity contribution >= 4 is 62.4 Å². The van der Waals surface area contributed by atoms with Crippen LogP contribution in [0.15, 0.2) is 39.8 Å². The van der Waals surface area contributed by atoms with E-state index in [1.165, 1.54) is 12.1 Å². The number of aliphatic imine (C=N–C) groups is 1. The zero-order chi connectivity index (χ0) is 29.1. The minimum atomic E-state index is -5.12. The summed E-state index contributed by atoms with van der Waals surface area (Å²) in [7, 11) is 0. The molecule has 0 amide bonds. The first-order valence-corrected chi connectivity index (χ1v) is 14.5. The number of halogens is 8. The van der Waals surface area contributed by atoms with Gasteiger partial charge in [0.05, 0.1) is 30.8 Å². The minimum Gasteiger partial charge on any atom is -0.481 e. The van der Waals surface area contributed by atoms with E-state index in [-0.39, 0.29) is 36.7 Å². The van der Waals surface area contributed by atoms with E-state index in [1.807, 2.05) is 6.92 Å². The number of carboxylic acid groups (broad SMARTS) is 1. The Hall–Kier alpha value is -1.35. The predicted molar refractivity (Wildman–Crippen MR) is 150 cm³/mol. The van der Waals surface area contributed by atoms with E-state index in [9.17, 15) is 14.3 Å². The maximum absolute atomic E-state index is 16.1. The molecule has 0 spiro atoms. The van der Waals surface area contributed by atoms with Gasteiger partial charge in [-0.1, -0.05) is 74.5 Å². The van der Waals surface area contributed by atoms with Gasteiger partial charge in [-0.25, -0.2) is 4.39 Å². The topological polar surface area (TPSA) is 49.7 Å². The van der Waals surface area contributed by atoms with Gasteiger partial charge >= 0.3 is 12.1 Å².